The van der Waals surface area contributed by atoms with Crippen LogP contribution in [0.2, 0.25) is 0 Å². The predicted molar refractivity (Wildman–Crippen MR) is 65.9 cm³/mol. The zero-order valence-corrected chi connectivity index (χ0v) is 9.33. The van der Waals surface area contributed by atoms with Crippen LogP contribution in [0, 0.1) is 16.7 Å². The Labute approximate surface area is 102 Å². The third-order valence-electron chi connectivity index (χ3n) is 2.74. The number of pyridine rings is 1. The Morgan fingerprint density at radius 1 is 1.28 bits per heavy atom. The first kappa shape index (κ1) is 10.2. The van der Waals surface area contributed by atoms with Crippen LogP contribution >= 0.6 is 0 Å². The molecule has 2 heterocycles. The van der Waals surface area contributed by atoms with E-state index < -0.39 is 0 Å². The average Bonchev–Trinajstić information content (AvgIpc) is 2.84. The summed E-state index contributed by atoms with van der Waals surface area (Å²) in [5.74, 6) is 2.07. The molecule has 5 nitrogen and oxygen atoms in total. The highest BCUT2D eigenvalue weighted by Gasteiger charge is 2.15. The fourth-order valence-electron chi connectivity index (χ4n) is 1.90. The molecule has 0 atom stereocenters. The summed E-state index contributed by atoms with van der Waals surface area (Å²) in [5, 5.41) is 21.3. The van der Waals surface area contributed by atoms with E-state index in [9.17, 15) is 0 Å². The van der Waals surface area contributed by atoms with E-state index in [0.717, 1.165) is 16.4 Å². The number of benzene rings is 1. The second kappa shape index (κ2) is 3.81. The van der Waals surface area contributed by atoms with Gasteiger partial charge in [-0.1, -0.05) is 27.4 Å². The van der Waals surface area contributed by atoms with Gasteiger partial charge in [-0.2, -0.15) is 5.26 Å². The summed E-state index contributed by atoms with van der Waals surface area (Å²) in [6.07, 6.45) is 1.70. The number of fused-ring (bicyclic) bond motifs is 3. The van der Waals surface area contributed by atoms with Crippen molar-refractivity contribution < 1.29 is 4.52 Å². The van der Waals surface area contributed by atoms with E-state index in [0.29, 0.717) is 0 Å². The summed E-state index contributed by atoms with van der Waals surface area (Å²) in [5.41, 5.74) is 1.87. The van der Waals surface area contributed by atoms with E-state index in [-0.39, 0.29) is 5.70 Å². The van der Waals surface area contributed by atoms with Crippen molar-refractivity contribution in [3.8, 4) is 6.07 Å². The van der Waals surface area contributed by atoms with Crippen LogP contribution in [0.25, 0.3) is 22.1 Å². The van der Waals surface area contributed by atoms with Crippen LogP contribution in [0.1, 0.15) is 0 Å². The number of nitriles is 1. The minimum Gasteiger partial charge on any atom is -0.254 e. The molecule has 84 valence electrons. The van der Waals surface area contributed by atoms with Gasteiger partial charge in [-0.15, -0.1) is 0 Å². The molecule has 18 heavy (non-hydrogen) atoms. The molecule has 0 aliphatic rings. The van der Waals surface area contributed by atoms with Crippen LogP contribution in [0.5, 0.6) is 0 Å². The van der Waals surface area contributed by atoms with E-state index in [1.165, 1.54) is 4.68 Å². The van der Waals surface area contributed by atoms with E-state index in [1.807, 2.05) is 42.5 Å². The molecule has 0 saturated carbocycles. The summed E-state index contributed by atoms with van der Waals surface area (Å²) in [6, 6.07) is 13.7. The number of hydrogen-bond acceptors (Lipinski definition) is 3. The maximum absolute atomic E-state index is 8.88. The lowest BCUT2D eigenvalue weighted by Crippen LogP contribution is -2.25. The molecule has 0 aliphatic heterocycles. The highest BCUT2D eigenvalue weighted by molar-refractivity contribution is 5.86. The Morgan fingerprint density at radius 2 is 2.11 bits per heavy atom. The summed E-state index contributed by atoms with van der Waals surface area (Å²) in [6.45, 7) is 0. The number of hydrogen-bond donors (Lipinski definition) is 1. The molecule has 0 amide bonds. The first-order chi connectivity index (χ1) is 8.83. The minimum atomic E-state index is 0.0581. The fraction of sp³-hybridized carbons (Fsp3) is 0. The Bertz CT molecular complexity index is 847. The van der Waals surface area contributed by atoms with Crippen molar-refractivity contribution in [2.75, 3.05) is 0 Å². The standard InChI is InChI=1S/C13H8N5/c14-7-12(8-15)17-9-11-6-5-10-3-1-2-4-13(10)18(11)16-17/h1-6,9,14H/q+1. The third kappa shape index (κ3) is 1.38. The molecule has 0 spiro atoms. The first-order valence-corrected chi connectivity index (χ1v) is 5.33. The van der Waals surface area contributed by atoms with E-state index in [1.54, 1.807) is 10.7 Å². The van der Waals surface area contributed by atoms with Crippen LogP contribution in [-0.2, 0) is 0 Å². The van der Waals surface area contributed by atoms with E-state index >= 15 is 0 Å². The minimum absolute atomic E-state index is 0.0581. The number of aromatic nitrogens is 3. The molecule has 3 aromatic rings. The molecule has 0 unspecified atom stereocenters. The van der Waals surface area contributed by atoms with Gasteiger partial charge in [0, 0.05) is 11.3 Å². The zero-order chi connectivity index (χ0) is 12.5. The Hall–Kier alpha value is -2.96. The lowest BCUT2D eigenvalue weighted by atomic mass is 10.2. The van der Waals surface area contributed by atoms with Crippen molar-refractivity contribution in [3.05, 3.63) is 42.6 Å². The van der Waals surface area contributed by atoms with E-state index in [4.69, 9.17) is 10.7 Å². The largest absolute Gasteiger partial charge is 0.293 e. The van der Waals surface area contributed by atoms with Crippen molar-refractivity contribution in [2.45, 2.75) is 0 Å². The van der Waals surface area contributed by atoms with Gasteiger partial charge in [0.25, 0.3) is 5.70 Å². The third-order valence-corrected chi connectivity index (χ3v) is 2.74. The van der Waals surface area contributed by atoms with Gasteiger partial charge in [-0.3, -0.25) is 5.41 Å². The summed E-state index contributed by atoms with van der Waals surface area (Å²) in [7, 11) is 0. The number of para-hydroxylation sites is 1. The van der Waals surface area contributed by atoms with Crippen molar-refractivity contribution in [3.63, 3.8) is 0 Å². The van der Waals surface area contributed by atoms with E-state index in [2.05, 4.69) is 11.1 Å². The molecular formula is C13H8N5+. The fourth-order valence-corrected chi connectivity index (χ4v) is 1.90. The monoisotopic (exact) mass is 234 g/mol. The second-order valence-corrected chi connectivity index (χ2v) is 3.78. The number of rotatable bonds is 1. The Balaban J connectivity index is 2.40. The molecule has 0 bridgehead atoms. The second-order valence-electron chi connectivity index (χ2n) is 3.78. The summed E-state index contributed by atoms with van der Waals surface area (Å²) < 4.78 is 3.10. The van der Waals surface area contributed by atoms with Crippen molar-refractivity contribution in [1.82, 2.24) is 9.90 Å². The van der Waals surface area contributed by atoms with Crippen molar-refractivity contribution in [2.24, 2.45) is 0 Å². The van der Waals surface area contributed by atoms with Gasteiger partial charge in [0.2, 0.25) is 0 Å². The van der Waals surface area contributed by atoms with Gasteiger partial charge in [0.1, 0.15) is 5.21 Å². The normalized spacial score (nSPS) is 10.2. The molecule has 2 aromatic heterocycles. The van der Waals surface area contributed by atoms with Crippen LogP contribution in [0.3, 0.4) is 0 Å². The predicted octanol–water partition coefficient (Wildman–Crippen LogP) is 1.39. The molecule has 3 rings (SSSR count). The lowest BCUT2D eigenvalue weighted by molar-refractivity contribution is -0.555. The maximum Gasteiger partial charge on any atom is 0.293 e. The molecule has 0 saturated heterocycles. The van der Waals surface area contributed by atoms with Gasteiger partial charge in [-0.05, 0) is 18.2 Å². The van der Waals surface area contributed by atoms with Crippen LogP contribution in [0.4, 0.5) is 0 Å². The zero-order valence-electron chi connectivity index (χ0n) is 9.33. The van der Waals surface area contributed by atoms with Gasteiger partial charge >= 0.3 is 0 Å². The highest BCUT2D eigenvalue weighted by atomic mass is 15.5. The molecule has 0 radical (unpaired) electrons. The number of nitrogens with zero attached hydrogens (tertiary/aromatic N) is 4. The summed E-state index contributed by atoms with van der Waals surface area (Å²) >= 11 is 0. The maximum atomic E-state index is 8.88. The van der Waals surface area contributed by atoms with Crippen LogP contribution < -0.4 is 4.52 Å². The van der Waals surface area contributed by atoms with Gasteiger partial charge in [0.05, 0.1) is 0 Å². The molecule has 1 aromatic carbocycles. The van der Waals surface area contributed by atoms with Crippen LogP contribution in [0.15, 0.2) is 42.6 Å². The molecule has 1 N–H and O–H groups in total. The first-order valence-electron chi connectivity index (χ1n) is 5.33. The number of nitrogens with one attached hydrogen (secondary N) is 1. The van der Waals surface area contributed by atoms with Crippen LogP contribution in [-0.4, -0.2) is 15.8 Å². The SMILES string of the molecule is N#CC(=C=N)n1cc2ccc3ccccc3[n+]2n1. The molecule has 5 heteroatoms. The quantitative estimate of drug-likeness (QED) is 0.392. The van der Waals surface area contributed by atoms with Crippen molar-refractivity contribution >= 4 is 28.0 Å². The lowest BCUT2D eigenvalue weighted by Gasteiger charge is -1.92. The Kier molecular flexibility index (Phi) is 2.16. The van der Waals surface area contributed by atoms with Gasteiger partial charge in [-0.25, -0.2) is 0 Å². The smallest absolute Gasteiger partial charge is 0.254 e. The average molecular weight is 234 g/mol. The molecule has 0 aliphatic carbocycles. The van der Waals surface area contributed by atoms with Gasteiger partial charge in [0.15, 0.2) is 23.3 Å². The van der Waals surface area contributed by atoms with Crippen molar-refractivity contribution in [1.29, 1.82) is 10.7 Å². The summed E-state index contributed by atoms with van der Waals surface area (Å²) in [4.78, 5) is 0. The molecule has 0 fully saturated rings. The molecular weight excluding hydrogens is 226 g/mol. The topological polar surface area (TPSA) is 69.6 Å². The Morgan fingerprint density at radius 3 is 2.89 bits per heavy atom. The number of allylic oxidation sites excluding steroid dienone is 1. The highest BCUT2D eigenvalue weighted by Crippen LogP contribution is 2.11. The van der Waals surface area contributed by atoms with Gasteiger partial charge < -0.3 is 0 Å².